The minimum Gasteiger partial charge on any atom is -0.441 e. The molecule has 0 N–H and O–H groups in total. The Balaban J connectivity index is 0.916. The zero-order valence-corrected chi connectivity index (χ0v) is 26.2. The van der Waals surface area contributed by atoms with Crippen LogP contribution in [0.1, 0.15) is 99.9 Å². The fourth-order valence-corrected chi connectivity index (χ4v) is 7.43. The Bertz CT molecular complexity index is 1320. The zero-order valence-electron chi connectivity index (χ0n) is 26.2. The number of carbonyl (C=O) groups excluding carboxylic acids is 2. The molecule has 45 heavy (non-hydrogen) atoms. The van der Waals surface area contributed by atoms with Gasteiger partial charge in [-0.3, -0.25) is 9.69 Å². The summed E-state index contributed by atoms with van der Waals surface area (Å²) in [5, 5.41) is 4.09. The Morgan fingerprint density at radius 1 is 1.00 bits per heavy atom. The van der Waals surface area contributed by atoms with Gasteiger partial charge in [-0.05, 0) is 62.1 Å². The van der Waals surface area contributed by atoms with E-state index in [1.54, 1.807) is 0 Å². The van der Waals surface area contributed by atoms with Crippen molar-refractivity contribution in [3.05, 3.63) is 47.1 Å². The lowest BCUT2D eigenvalue weighted by Crippen LogP contribution is -2.47. The molecule has 1 saturated carbocycles. The molecule has 246 valence electrons. The lowest BCUT2D eigenvalue weighted by Gasteiger charge is -2.38. The summed E-state index contributed by atoms with van der Waals surface area (Å²) in [4.78, 5) is 36.8. The number of amides is 2. The van der Waals surface area contributed by atoms with Crippen LogP contribution in [0.15, 0.2) is 28.8 Å². The molecule has 1 aromatic heterocycles. The third kappa shape index (κ3) is 7.31. The fraction of sp³-hybridized carbons (Fsp3) is 0.697. The molecule has 1 aliphatic carbocycles. The second-order valence-corrected chi connectivity index (χ2v) is 13.9. The average Bonchev–Trinajstić information content (AvgIpc) is 3.64. The van der Waals surface area contributed by atoms with E-state index in [2.05, 4.69) is 15.0 Å². The molecule has 12 heteroatoms. The first kappa shape index (κ1) is 31.8. The Morgan fingerprint density at radius 2 is 1.67 bits per heavy atom. The number of aromatic nitrogens is 2. The van der Waals surface area contributed by atoms with Crippen molar-refractivity contribution in [2.75, 3.05) is 39.3 Å². The molecule has 0 unspecified atom stereocenters. The molecule has 4 heterocycles. The molecular weight excluding hydrogens is 587 g/mol. The third-order valence-electron chi connectivity index (χ3n) is 10.3. The summed E-state index contributed by atoms with van der Waals surface area (Å²) in [6.45, 7) is 8.77. The first-order chi connectivity index (χ1) is 21.5. The molecule has 0 atom stereocenters. The quantitative estimate of drug-likeness (QED) is 0.359. The van der Waals surface area contributed by atoms with Crippen molar-refractivity contribution in [3.8, 4) is 0 Å². The first-order valence-corrected chi connectivity index (χ1v) is 16.5. The van der Waals surface area contributed by atoms with E-state index in [0.29, 0.717) is 57.4 Å². The summed E-state index contributed by atoms with van der Waals surface area (Å²) in [6, 6.07) is 5.33. The van der Waals surface area contributed by atoms with Crippen LogP contribution in [-0.4, -0.2) is 81.7 Å². The Hall–Kier alpha value is -3.15. The minimum absolute atomic E-state index is 0.0413. The lowest BCUT2D eigenvalue weighted by molar-refractivity contribution is -0.138. The van der Waals surface area contributed by atoms with Gasteiger partial charge in [-0.1, -0.05) is 31.1 Å². The maximum atomic E-state index is 13.3. The van der Waals surface area contributed by atoms with E-state index in [-0.39, 0.29) is 29.8 Å². The number of halogens is 3. The summed E-state index contributed by atoms with van der Waals surface area (Å²) in [5.41, 5.74) is -0.295. The maximum Gasteiger partial charge on any atom is 0.416 e. The highest BCUT2D eigenvalue weighted by Crippen LogP contribution is 2.38. The van der Waals surface area contributed by atoms with Gasteiger partial charge in [-0.15, -0.1) is 0 Å². The van der Waals surface area contributed by atoms with Gasteiger partial charge in [0.15, 0.2) is 5.82 Å². The number of piperidine rings is 2. The van der Waals surface area contributed by atoms with Crippen molar-refractivity contribution in [1.82, 2.24) is 24.8 Å². The van der Waals surface area contributed by atoms with E-state index in [4.69, 9.17) is 9.26 Å². The van der Waals surface area contributed by atoms with Crippen LogP contribution in [0.3, 0.4) is 0 Å². The Kier molecular flexibility index (Phi) is 9.14. The van der Waals surface area contributed by atoms with Crippen LogP contribution in [0.2, 0.25) is 0 Å². The number of hydrogen-bond donors (Lipinski definition) is 0. The van der Waals surface area contributed by atoms with Crippen molar-refractivity contribution in [3.63, 3.8) is 0 Å². The van der Waals surface area contributed by atoms with E-state index in [0.717, 1.165) is 75.1 Å². The van der Waals surface area contributed by atoms with Gasteiger partial charge in [0.25, 0.3) is 0 Å². The molecule has 1 aromatic carbocycles. The van der Waals surface area contributed by atoms with Crippen LogP contribution < -0.4 is 0 Å². The van der Waals surface area contributed by atoms with Crippen LogP contribution in [0.5, 0.6) is 0 Å². The summed E-state index contributed by atoms with van der Waals surface area (Å²) in [6.07, 6.45) is 2.04. The van der Waals surface area contributed by atoms with Crippen LogP contribution >= 0.6 is 0 Å². The van der Waals surface area contributed by atoms with Gasteiger partial charge in [0, 0.05) is 69.9 Å². The third-order valence-corrected chi connectivity index (χ3v) is 10.3. The number of ether oxygens (including phenoxy) is 1. The molecule has 6 rings (SSSR count). The number of carbonyl (C=O) groups is 2. The topological polar surface area (TPSA) is 92.0 Å². The predicted octanol–water partition coefficient (Wildman–Crippen LogP) is 6.21. The second-order valence-electron chi connectivity index (χ2n) is 13.9. The molecule has 0 radical (unpaired) electrons. The number of nitrogens with zero attached hydrogens (tertiary/aromatic N) is 5. The summed E-state index contributed by atoms with van der Waals surface area (Å²) in [7, 11) is 0. The van der Waals surface area contributed by atoms with Gasteiger partial charge in [0.2, 0.25) is 11.8 Å². The number of likely N-dealkylation sites (tertiary alicyclic amines) is 2. The van der Waals surface area contributed by atoms with E-state index in [9.17, 15) is 22.8 Å². The Morgan fingerprint density at radius 3 is 2.27 bits per heavy atom. The SMILES string of the molecule is CC(C)c1noc(C2CCN(C(=O)[C@H]3CC[C@H](CN4CC5(CCN(Cc6ccc(C(F)(F)F)cc6)CC5)OC4=O)CC3)CC2)n1. The highest BCUT2D eigenvalue weighted by atomic mass is 19.4. The van der Waals surface area contributed by atoms with Crippen molar-refractivity contribution >= 4 is 12.0 Å². The molecule has 3 saturated heterocycles. The van der Waals surface area contributed by atoms with Crippen molar-refractivity contribution in [2.24, 2.45) is 11.8 Å². The predicted molar refractivity (Wildman–Crippen MR) is 159 cm³/mol. The van der Waals surface area contributed by atoms with Gasteiger partial charge < -0.3 is 19.1 Å². The van der Waals surface area contributed by atoms with Gasteiger partial charge in [0.1, 0.15) is 5.60 Å². The molecule has 0 bridgehead atoms. The van der Waals surface area contributed by atoms with Gasteiger partial charge >= 0.3 is 12.3 Å². The maximum absolute atomic E-state index is 13.3. The van der Waals surface area contributed by atoms with E-state index in [1.807, 2.05) is 23.6 Å². The molecular formula is C33H44F3N5O4. The highest BCUT2D eigenvalue weighted by Gasteiger charge is 2.47. The number of benzene rings is 1. The largest absolute Gasteiger partial charge is 0.441 e. The summed E-state index contributed by atoms with van der Waals surface area (Å²) >= 11 is 0. The smallest absolute Gasteiger partial charge is 0.416 e. The van der Waals surface area contributed by atoms with Gasteiger partial charge in [-0.25, -0.2) is 4.79 Å². The zero-order chi connectivity index (χ0) is 31.8. The Labute approximate surface area is 262 Å². The monoisotopic (exact) mass is 631 g/mol. The molecule has 4 fully saturated rings. The standard InChI is InChI=1S/C33H44F3N5O4/c1-22(2)28-37-29(45-38-28)25-11-15-40(16-12-25)30(42)26-7-3-24(4-8-26)20-41-21-32(44-31(41)43)13-17-39(18-14-32)19-23-5-9-27(10-6-23)33(34,35)36/h5-6,9-10,22,24-26H,3-4,7-8,11-21H2,1-2H3/t24-,26-. The molecule has 1 spiro atoms. The number of alkyl halides is 3. The normalized spacial score (nSPS) is 24.9. The summed E-state index contributed by atoms with van der Waals surface area (Å²) in [5.74, 6) is 2.51. The van der Waals surface area contributed by atoms with Crippen LogP contribution in [0.4, 0.5) is 18.0 Å². The molecule has 2 amide bonds. The molecule has 9 nitrogen and oxygen atoms in total. The molecule has 3 aliphatic heterocycles. The second kappa shape index (κ2) is 12.9. The number of rotatable bonds is 7. The van der Waals surface area contributed by atoms with Crippen LogP contribution in [0, 0.1) is 11.8 Å². The van der Waals surface area contributed by atoms with Crippen LogP contribution in [0.25, 0.3) is 0 Å². The van der Waals surface area contributed by atoms with Crippen molar-refractivity contribution < 1.29 is 32.0 Å². The summed E-state index contributed by atoms with van der Waals surface area (Å²) < 4.78 is 50.1. The van der Waals surface area contributed by atoms with Crippen LogP contribution in [-0.2, 0) is 22.3 Å². The highest BCUT2D eigenvalue weighted by molar-refractivity contribution is 5.79. The minimum atomic E-state index is -4.33. The van der Waals surface area contributed by atoms with E-state index in [1.165, 1.54) is 12.1 Å². The first-order valence-electron chi connectivity index (χ1n) is 16.5. The number of hydrogen-bond acceptors (Lipinski definition) is 7. The average molecular weight is 632 g/mol. The molecule has 2 aromatic rings. The van der Waals surface area contributed by atoms with Crippen molar-refractivity contribution in [1.29, 1.82) is 0 Å². The van der Waals surface area contributed by atoms with E-state index >= 15 is 0 Å². The van der Waals surface area contributed by atoms with Gasteiger partial charge in [-0.2, -0.15) is 18.2 Å². The molecule has 4 aliphatic rings. The lowest BCUT2D eigenvalue weighted by atomic mass is 9.80. The van der Waals surface area contributed by atoms with Crippen molar-refractivity contribution in [2.45, 2.75) is 95.4 Å². The van der Waals surface area contributed by atoms with E-state index < -0.39 is 17.3 Å². The van der Waals surface area contributed by atoms with Gasteiger partial charge in [0.05, 0.1) is 12.1 Å². The fourth-order valence-electron chi connectivity index (χ4n) is 7.43.